The molecule has 6 nitrogen and oxygen atoms in total. The summed E-state index contributed by atoms with van der Waals surface area (Å²) < 4.78 is 0. The summed E-state index contributed by atoms with van der Waals surface area (Å²) in [5.74, 6) is -2.12. The summed E-state index contributed by atoms with van der Waals surface area (Å²) in [5, 5.41) is 11.0. The van der Waals surface area contributed by atoms with Crippen molar-refractivity contribution in [3.63, 3.8) is 0 Å². The van der Waals surface area contributed by atoms with Gasteiger partial charge < -0.3 is 15.3 Å². The Morgan fingerprint density at radius 1 is 0.972 bits per heavy atom. The summed E-state index contributed by atoms with van der Waals surface area (Å²) in [6.07, 6.45) is 0.813. The molecular weight excluding hydrogens is 566 g/mol. The molecule has 186 valence electrons. The molecule has 0 spiro atoms. The van der Waals surface area contributed by atoms with Crippen LogP contribution in [0.2, 0.25) is 20.1 Å². The van der Waals surface area contributed by atoms with E-state index in [1.807, 2.05) is 36.1 Å². The van der Waals surface area contributed by atoms with Crippen LogP contribution in [0.1, 0.15) is 33.2 Å². The van der Waals surface area contributed by atoms with E-state index in [-0.39, 0.29) is 37.8 Å². The summed E-state index contributed by atoms with van der Waals surface area (Å²) in [6.45, 7) is 2.02. The second-order valence-corrected chi connectivity index (χ2v) is 10.6. The first kappa shape index (κ1) is 26.6. The first-order chi connectivity index (χ1) is 17.1. The number of aromatic carboxylic acids is 1. The zero-order valence-electron chi connectivity index (χ0n) is 18.6. The number of halogens is 4. The van der Waals surface area contributed by atoms with Gasteiger partial charge in [0.05, 0.1) is 37.0 Å². The van der Waals surface area contributed by atoms with Gasteiger partial charge in [-0.1, -0.05) is 70.7 Å². The fourth-order valence-electron chi connectivity index (χ4n) is 4.06. The molecule has 0 fully saturated rings. The molecule has 1 aliphatic heterocycles. The van der Waals surface area contributed by atoms with Crippen molar-refractivity contribution in [2.45, 2.75) is 24.3 Å². The van der Waals surface area contributed by atoms with Crippen molar-refractivity contribution in [1.82, 2.24) is 0 Å². The summed E-state index contributed by atoms with van der Waals surface area (Å²) in [6, 6.07) is 14.7. The minimum atomic E-state index is -1.48. The molecule has 3 aromatic carbocycles. The SMILES string of the molecule is CC1Cc2ccccc2N1C(=O)CSc1cccc(NC(=O)c2c(Cl)c(Cl)c(Cl)c(Cl)c2C(=O)O)c1. The van der Waals surface area contributed by atoms with E-state index < -0.39 is 23.0 Å². The van der Waals surface area contributed by atoms with Gasteiger partial charge in [0.1, 0.15) is 0 Å². The van der Waals surface area contributed by atoms with Crippen molar-refractivity contribution < 1.29 is 19.5 Å². The highest BCUT2D eigenvalue weighted by molar-refractivity contribution is 8.00. The normalized spacial score (nSPS) is 14.5. The Balaban J connectivity index is 1.50. The predicted octanol–water partition coefficient (Wildman–Crippen LogP) is 7.32. The lowest BCUT2D eigenvalue weighted by Gasteiger charge is -2.22. The van der Waals surface area contributed by atoms with Crippen LogP contribution < -0.4 is 10.2 Å². The van der Waals surface area contributed by atoms with Crippen molar-refractivity contribution in [2.24, 2.45) is 0 Å². The van der Waals surface area contributed by atoms with Gasteiger partial charge in [0.25, 0.3) is 5.91 Å². The van der Waals surface area contributed by atoms with Gasteiger partial charge >= 0.3 is 5.97 Å². The third kappa shape index (κ3) is 5.17. The maximum atomic E-state index is 13.0. The number of hydrogen-bond donors (Lipinski definition) is 2. The highest BCUT2D eigenvalue weighted by Gasteiger charge is 2.31. The highest BCUT2D eigenvalue weighted by atomic mass is 35.5. The number of anilines is 2. The maximum Gasteiger partial charge on any atom is 0.338 e. The number of carbonyl (C=O) groups is 3. The van der Waals surface area contributed by atoms with Crippen molar-refractivity contribution in [1.29, 1.82) is 0 Å². The van der Waals surface area contributed by atoms with E-state index in [4.69, 9.17) is 46.4 Å². The average Bonchev–Trinajstić information content (AvgIpc) is 3.18. The third-order valence-corrected chi connectivity index (χ3v) is 8.42. The van der Waals surface area contributed by atoms with Gasteiger partial charge in [-0.2, -0.15) is 0 Å². The summed E-state index contributed by atoms with van der Waals surface area (Å²) >= 11 is 25.5. The molecule has 3 aromatic rings. The van der Waals surface area contributed by atoms with Crippen LogP contribution in [-0.2, 0) is 11.2 Å². The van der Waals surface area contributed by atoms with E-state index in [2.05, 4.69) is 5.32 Å². The number of carboxylic acids is 1. The van der Waals surface area contributed by atoms with Gasteiger partial charge in [0.2, 0.25) is 5.91 Å². The Labute approximate surface area is 231 Å². The molecule has 1 aliphatic rings. The molecule has 0 saturated heterocycles. The van der Waals surface area contributed by atoms with Crippen molar-refractivity contribution in [3.05, 3.63) is 85.3 Å². The van der Waals surface area contributed by atoms with Crippen molar-refractivity contribution >= 4 is 87.3 Å². The topological polar surface area (TPSA) is 86.7 Å². The van der Waals surface area contributed by atoms with Gasteiger partial charge in [0.15, 0.2) is 0 Å². The van der Waals surface area contributed by atoms with Crippen LogP contribution >= 0.6 is 58.2 Å². The van der Waals surface area contributed by atoms with Crippen LogP contribution in [0, 0.1) is 0 Å². The van der Waals surface area contributed by atoms with Crippen LogP contribution in [0.25, 0.3) is 0 Å². The van der Waals surface area contributed by atoms with E-state index >= 15 is 0 Å². The van der Waals surface area contributed by atoms with Crippen LogP contribution in [-0.4, -0.2) is 34.7 Å². The molecular formula is C25H18Cl4N2O4S. The van der Waals surface area contributed by atoms with Gasteiger partial charge in [-0.05, 0) is 43.2 Å². The first-order valence-corrected chi connectivity index (χ1v) is 13.1. The minimum absolute atomic E-state index is 0.0183. The number of amides is 2. The van der Waals surface area contributed by atoms with E-state index in [1.165, 1.54) is 11.8 Å². The fraction of sp³-hybridized carbons (Fsp3) is 0.160. The quantitative estimate of drug-likeness (QED) is 0.180. The molecule has 0 saturated carbocycles. The number of para-hydroxylation sites is 1. The van der Waals surface area contributed by atoms with E-state index in [0.29, 0.717) is 5.69 Å². The smallest absolute Gasteiger partial charge is 0.338 e. The number of thioether (sulfide) groups is 1. The Bertz CT molecular complexity index is 1400. The number of carbonyl (C=O) groups excluding carboxylic acids is 2. The lowest BCUT2D eigenvalue weighted by molar-refractivity contribution is -0.116. The predicted molar refractivity (Wildman–Crippen MR) is 146 cm³/mol. The van der Waals surface area contributed by atoms with Gasteiger partial charge in [-0.25, -0.2) is 4.79 Å². The van der Waals surface area contributed by atoms with Gasteiger partial charge in [-0.15, -0.1) is 11.8 Å². The van der Waals surface area contributed by atoms with Crippen LogP contribution in [0.3, 0.4) is 0 Å². The molecule has 1 unspecified atom stereocenters. The number of hydrogen-bond acceptors (Lipinski definition) is 4. The Kier molecular flexibility index (Phi) is 8.07. The molecule has 2 N–H and O–H groups in total. The monoisotopic (exact) mass is 582 g/mol. The van der Waals surface area contributed by atoms with Crippen LogP contribution in [0.15, 0.2) is 53.4 Å². The summed E-state index contributed by atoms with van der Waals surface area (Å²) in [5.41, 5.74) is 1.49. The number of nitrogens with one attached hydrogen (secondary N) is 1. The second kappa shape index (κ2) is 10.9. The first-order valence-electron chi connectivity index (χ1n) is 10.6. The van der Waals surface area contributed by atoms with E-state index in [1.54, 1.807) is 24.3 Å². The average molecular weight is 584 g/mol. The summed E-state index contributed by atoms with van der Waals surface area (Å²) in [4.78, 5) is 40.3. The Hall–Kier alpha value is -2.42. The lowest BCUT2D eigenvalue weighted by Crippen LogP contribution is -2.36. The molecule has 4 rings (SSSR count). The molecule has 2 amide bonds. The number of nitrogens with zero attached hydrogens (tertiary/aromatic N) is 1. The zero-order chi connectivity index (χ0) is 26.1. The van der Waals surface area contributed by atoms with Gasteiger partial charge in [0, 0.05) is 22.3 Å². The fourth-order valence-corrected chi connectivity index (χ4v) is 5.90. The zero-order valence-corrected chi connectivity index (χ0v) is 22.5. The van der Waals surface area contributed by atoms with E-state index in [0.717, 1.165) is 22.6 Å². The number of carboxylic acid groups (broad SMARTS) is 1. The molecule has 1 atom stereocenters. The second-order valence-electron chi connectivity index (χ2n) is 8.03. The molecule has 0 aromatic heterocycles. The summed E-state index contributed by atoms with van der Waals surface area (Å²) in [7, 11) is 0. The number of rotatable bonds is 6. The Morgan fingerprint density at radius 2 is 1.64 bits per heavy atom. The molecule has 36 heavy (non-hydrogen) atoms. The van der Waals surface area contributed by atoms with Crippen LogP contribution in [0.5, 0.6) is 0 Å². The minimum Gasteiger partial charge on any atom is -0.478 e. The Morgan fingerprint density at radius 3 is 2.33 bits per heavy atom. The lowest BCUT2D eigenvalue weighted by atomic mass is 10.1. The molecule has 11 heteroatoms. The van der Waals surface area contributed by atoms with Crippen LogP contribution in [0.4, 0.5) is 11.4 Å². The van der Waals surface area contributed by atoms with E-state index in [9.17, 15) is 19.5 Å². The maximum absolute atomic E-state index is 13.0. The molecule has 0 radical (unpaired) electrons. The van der Waals surface area contributed by atoms with Crippen molar-refractivity contribution in [3.8, 4) is 0 Å². The van der Waals surface area contributed by atoms with Crippen molar-refractivity contribution in [2.75, 3.05) is 16.0 Å². The number of fused-ring (bicyclic) bond motifs is 1. The third-order valence-electron chi connectivity index (χ3n) is 5.64. The number of benzene rings is 3. The molecule has 1 heterocycles. The highest BCUT2D eigenvalue weighted by Crippen LogP contribution is 2.42. The van der Waals surface area contributed by atoms with Gasteiger partial charge in [-0.3, -0.25) is 9.59 Å². The standard InChI is InChI=1S/C25H18Cl4N2O4S/c1-12-9-13-5-2-3-8-16(13)31(12)17(32)11-36-15-7-4-6-14(10-15)30-24(33)18-19(25(34)35)21(27)23(29)22(28)20(18)26/h2-8,10,12H,9,11H2,1H3,(H,30,33)(H,34,35). The molecule has 0 bridgehead atoms. The molecule has 0 aliphatic carbocycles. The largest absolute Gasteiger partial charge is 0.478 e.